The Morgan fingerprint density at radius 3 is 2.57 bits per heavy atom. The lowest BCUT2D eigenvalue weighted by Crippen LogP contribution is -2.62. The predicted molar refractivity (Wildman–Crippen MR) is 154 cm³/mol. The first-order valence-corrected chi connectivity index (χ1v) is 14.9. The van der Waals surface area contributed by atoms with Crippen LogP contribution in [0.3, 0.4) is 0 Å². The molecule has 0 N–H and O–H groups in total. The van der Waals surface area contributed by atoms with E-state index in [1.54, 1.807) is 12.3 Å². The van der Waals surface area contributed by atoms with E-state index in [2.05, 4.69) is 33.8 Å². The summed E-state index contributed by atoms with van der Waals surface area (Å²) in [6.45, 7) is 10.8. The molecule has 0 saturated carbocycles. The van der Waals surface area contributed by atoms with Crippen molar-refractivity contribution < 1.29 is 22.7 Å². The monoisotopic (exact) mass is 581 g/mol. The molecule has 10 heteroatoms. The van der Waals surface area contributed by atoms with E-state index in [0.717, 1.165) is 49.0 Å². The van der Waals surface area contributed by atoms with E-state index >= 15 is 0 Å². The first kappa shape index (κ1) is 29.0. The Labute approximate surface area is 244 Å². The molecule has 3 atom stereocenters. The van der Waals surface area contributed by atoms with Crippen LogP contribution < -0.4 is 0 Å². The van der Waals surface area contributed by atoms with E-state index in [-0.39, 0.29) is 29.6 Å². The van der Waals surface area contributed by atoms with E-state index < -0.39 is 11.7 Å². The number of hydrogen-bond acceptors (Lipinski definition) is 6. The van der Waals surface area contributed by atoms with Crippen molar-refractivity contribution >= 4 is 16.8 Å². The molecular formula is C32H38F3N5O2. The van der Waals surface area contributed by atoms with Crippen molar-refractivity contribution in [2.24, 2.45) is 0 Å². The summed E-state index contributed by atoms with van der Waals surface area (Å²) in [6.07, 6.45) is -0.710. The Bertz CT molecular complexity index is 1450. The number of likely N-dealkylation sites (tertiary alicyclic amines) is 1. The number of carbonyl (C=O) groups is 1. The van der Waals surface area contributed by atoms with Gasteiger partial charge in [-0.3, -0.25) is 14.6 Å². The van der Waals surface area contributed by atoms with Crippen LogP contribution in [0.2, 0.25) is 0 Å². The Morgan fingerprint density at radius 2 is 1.86 bits per heavy atom. The number of amides is 1. The lowest BCUT2D eigenvalue weighted by atomic mass is 9.86. The van der Waals surface area contributed by atoms with Gasteiger partial charge in [0.05, 0.1) is 35.0 Å². The number of piperidine rings is 1. The Kier molecular flexibility index (Phi) is 7.74. The van der Waals surface area contributed by atoms with Gasteiger partial charge in [-0.25, -0.2) is 0 Å². The van der Waals surface area contributed by atoms with Gasteiger partial charge < -0.3 is 9.64 Å². The quantitative estimate of drug-likeness (QED) is 0.405. The summed E-state index contributed by atoms with van der Waals surface area (Å²) in [6, 6.07) is 11.9. The molecule has 224 valence electrons. The van der Waals surface area contributed by atoms with Crippen molar-refractivity contribution in [1.29, 1.82) is 0 Å². The lowest BCUT2D eigenvalue weighted by molar-refractivity contribution is -0.137. The number of carbonyl (C=O) groups excluding carboxylic acids is 1. The van der Waals surface area contributed by atoms with Crippen molar-refractivity contribution in [2.45, 2.75) is 69.9 Å². The lowest BCUT2D eigenvalue weighted by Gasteiger charge is -2.53. The molecule has 7 nitrogen and oxygen atoms in total. The minimum atomic E-state index is -4.36. The minimum Gasteiger partial charge on any atom is -0.376 e. The fraction of sp³-hybridized carbons (Fsp3) is 0.531. The minimum absolute atomic E-state index is 0.00289. The average Bonchev–Trinajstić information content (AvgIpc) is 3.33. The average molecular weight is 582 g/mol. The first-order valence-electron chi connectivity index (χ1n) is 14.9. The van der Waals surface area contributed by atoms with Gasteiger partial charge in [-0.2, -0.15) is 23.4 Å². The zero-order valence-corrected chi connectivity index (χ0v) is 24.4. The van der Waals surface area contributed by atoms with E-state index in [0.29, 0.717) is 37.2 Å². The van der Waals surface area contributed by atoms with Gasteiger partial charge in [-0.1, -0.05) is 24.3 Å². The van der Waals surface area contributed by atoms with Crippen molar-refractivity contribution in [3.05, 3.63) is 70.9 Å². The van der Waals surface area contributed by atoms with E-state index in [9.17, 15) is 18.0 Å². The molecule has 0 bridgehead atoms. The highest BCUT2D eigenvalue weighted by molar-refractivity contribution is 6.05. The number of halogens is 3. The standard InChI is InChI=1S/C32H38F3N5O2/c1-4-42-28-18-22-17-23(32(33,34)35)9-10-24(22)29(28)40-16-15-39(20-21(40)2)31(3)11-13-38(14-12-31)30(41)26-19-36-37-27-8-6-5-7-25(26)27/h5-10,17,19,21,28-29H,4,11-16,18,20H2,1-3H3/t21-,28+,29-/m0/s1. The fourth-order valence-electron chi connectivity index (χ4n) is 7.26. The van der Waals surface area contributed by atoms with Crippen molar-refractivity contribution in [3.63, 3.8) is 0 Å². The van der Waals surface area contributed by atoms with Crippen molar-refractivity contribution in [1.82, 2.24) is 24.9 Å². The number of rotatable bonds is 5. The number of nitrogens with zero attached hydrogens (tertiary/aromatic N) is 5. The van der Waals surface area contributed by atoms with Crippen LogP contribution in [0.25, 0.3) is 10.9 Å². The van der Waals surface area contributed by atoms with Gasteiger partial charge in [0.15, 0.2) is 0 Å². The third-order valence-corrected chi connectivity index (χ3v) is 9.65. The smallest absolute Gasteiger partial charge is 0.376 e. The van der Waals surface area contributed by atoms with Crippen LogP contribution in [0.1, 0.15) is 66.7 Å². The van der Waals surface area contributed by atoms with E-state index in [4.69, 9.17) is 4.74 Å². The maximum absolute atomic E-state index is 13.5. The molecule has 2 saturated heterocycles. The summed E-state index contributed by atoms with van der Waals surface area (Å²) in [5, 5.41) is 9.03. The summed E-state index contributed by atoms with van der Waals surface area (Å²) in [5.74, 6) is -0.00289. The Hall–Kier alpha value is -3.08. The first-order chi connectivity index (χ1) is 20.1. The third-order valence-electron chi connectivity index (χ3n) is 9.65. The van der Waals surface area contributed by atoms with Crippen LogP contribution in [0.5, 0.6) is 0 Å². The molecular weight excluding hydrogens is 543 g/mol. The number of hydrogen-bond donors (Lipinski definition) is 0. The number of alkyl halides is 3. The molecule has 2 fully saturated rings. The number of piperazine rings is 1. The molecule has 2 aromatic carbocycles. The number of fused-ring (bicyclic) bond motifs is 2. The van der Waals surface area contributed by atoms with Crippen LogP contribution in [0.15, 0.2) is 48.7 Å². The number of benzene rings is 2. The maximum atomic E-state index is 13.5. The molecule has 0 spiro atoms. The molecule has 42 heavy (non-hydrogen) atoms. The van der Waals surface area contributed by atoms with Gasteiger partial charge in [0.2, 0.25) is 0 Å². The van der Waals surface area contributed by atoms with Crippen LogP contribution in [0, 0.1) is 0 Å². The second-order valence-corrected chi connectivity index (χ2v) is 12.2. The highest BCUT2D eigenvalue weighted by Gasteiger charge is 2.45. The number of ether oxygens (including phenoxy) is 1. The maximum Gasteiger partial charge on any atom is 0.416 e. The van der Waals surface area contributed by atoms with Crippen molar-refractivity contribution in [2.75, 3.05) is 39.3 Å². The molecule has 2 aliphatic heterocycles. The van der Waals surface area contributed by atoms with Gasteiger partial charge in [0.25, 0.3) is 5.91 Å². The van der Waals surface area contributed by atoms with Gasteiger partial charge in [0.1, 0.15) is 0 Å². The summed E-state index contributed by atoms with van der Waals surface area (Å²) < 4.78 is 46.3. The Morgan fingerprint density at radius 1 is 1.10 bits per heavy atom. The summed E-state index contributed by atoms with van der Waals surface area (Å²) in [5.41, 5.74) is 2.37. The van der Waals surface area contributed by atoms with Crippen molar-refractivity contribution in [3.8, 4) is 0 Å². The molecule has 0 radical (unpaired) electrons. The second kappa shape index (κ2) is 11.2. The Balaban J connectivity index is 1.13. The third kappa shape index (κ3) is 5.29. The van der Waals surface area contributed by atoms with Gasteiger partial charge in [-0.15, -0.1) is 0 Å². The molecule has 3 aromatic rings. The zero-order valence-electron chi connectivity index (χ0n) is 24.4. The largest absolute Gasteiger partial charge is 0.416 e. The fourth-order valence-corrected chi connectivity index (χ4v) is 7.26. The predicted octanol–water partition coefficient (Wildman–Crippen LogP) is 5.35. The van der Waals surface area contributed by atoms with Gasteiger partial charge in [0, 0.05) is 62.7 Å². The molecule has 0 unspecified atom stereocenters. The van der Waals surface area contributed by atoms with Crippen LogP contribution in [-0.4, -0.2) is 87.8 Å². The molecule has 3 heterocycles. The molecule has 6 rings (SSSR count). The normalized spacial score (nSPS) is 25.1. The topological polar surface area (TPSA) is 61.8 Å². The molecule has 3 aliphatic rings. The highest BCUT2D eigenvalue weighted by Crippen LogP contribution is 2.43. The summed E-state index contributed by atoms with van der Waals surface area (Å²) >= 11 is 0. The van der Waals surface area contributed by atoms with Crippen LogP contribution in [-0.2, 0) is 17.3 Å². The SMILES string of the molecule is CCO[C@@H]1Cc2cc(C(F)(F)F)ccc2[C@@H]1N1CCN(C2(C)CCN(C(=O)c3cnnc4ccccc34)CC2)C[C@@H]1C. The highest BCUT2D eigenvalue weighted by atomic mass is 19.4. The van der Waals surface area contributed by atoms with E-state index in [1.807, 2.05) is 36.1 Å². The van der Waals surface area contributed by atoms with Crippen LogP contribution in [0.4, 0.5) is 13.2 Å². The number of aromatic nitrogens is 2. The van der Waals surface area contributed by atoms with Gasteiger partial charge in [-0.05, 0) is 62.9 Å². The summed E-state index contributed by atoms with van der Waals surface area (Å²) in [4.78, 5) is 20.4. The molecule has 1 amide bonds. The summed E-state index contributed by atoms with van der Waals surface area (Å²) in [7, 11) is 0. The zero-order chi connectivity index (χ0) is 29.6. The second-order valence-electron chi connectivity index (χ2n) is 12.2. The van der Waals surface area contributed by atoms with E-state index in [1.165, 1.54) is 12.1 Å². The molecule has 1 aliphatic carbocycles. The van der Waals surface area contributed by atoms with Crippen LogP contribution >= 0.6 is 0 Å². The van der Waals surface area contributed by atoms with Gasteiger partial charge >= 0.3 is 6.18 Å². The molecule has 1 aromatic heterocycles.